The van der Waals surface area contributed by atoms with Crippen molar-refractivity contribution in [1.29, 1.82) is 0 Å². The van der Waals surface area contributed by atoms with Gasteiger partial charge in [0.2, 0.25) is 5.91 Å². The Morgan fingerprint density at radius 2 is 2.15 bits per heavy atom. The third kappa shape index (κ3) is 4.94. The molecule has 0 aromatic rings. The fourth-order valence-electron chi connectivity index (χ4n) is 4.63. The van der Waals surface area contributed by atoms with Crippen molar-refractivity contribution in [2.45, 2.75) is 79.0 Å². The fourth-order valence-corrected chi connectivity index (χ4v) is 7.44. The van der Waals surface area contributed by atoms with E-state index in [9.17, 15) is 4.79 Å². The van der Waals surface area contributed by atoms with Crippen molar-refractivity contribution in [3.63, 3.8) is 0 Å². The van der Waals surface area contributed by atoms with Crippen molar-refractivity contribution in [1.82, 2.24) is 31.7 Å². The summed E-state index contributed by atoms with van der Waals surface area (Å²) in [6.45, 7) is 4.18. The number of carbonyl (C=O) groups excluding carboxylic acids is 1. The first-order valence-electron chi connectivity index (χ1n) is 10.4. The number of nitrogens with one attached hydrogen (secondary N) is 5. The minimum absolute atomic E-state index is 0.0745. The van der Waals surface area contributed by atoms with Crippen molar-refractivity contribution in [3.05, 3.63) is 0 Å². The molecule has 0 aromatic carbocycles. The molecule has 4 fully saturated rings. The molecule has 0 spiro atoms. The summed E-state index contributed by atoms with van der Waals surface area (Å²) in [7, 11) is 2.13. The number of nitrogens with zero attached hydrogens (tertiary/aromatic N) is 1. The van der Waals surface area contributed by atoms with E-state index in [0.29, 0.717) is 28.0 Å². The Labute approximate surface area is 171 Å². The number of hydrogen-bond donors (Lipinski definition) is 5. The van der Waals surface area contributed by atoms with Gasteiger partial charge in [-0.25, -0.2) is 10.9 Å². The summed E-state index contributed by atoms with van der Waals surface area (Å²) < 4.78 is 0. The molecule has 7 nitrogen and oxygen atoms in total. The quantitative estimate of drug-likeness (QED) is 0.452. The number of rotatable bonds is 5. The van der Waals surface area contributed by atoms with E-state index in [1.165, 1.54) is 32.1 Å². The molecule has 0 bridgehead atoms. The highest BCUT2D eigenvalue weighted by atomic mass is 32.2. The number of hydrazine groups is 1. The lowest BCUT2D eigenvalue weighted by Gasteiger charge is -2.35. The first-order valence-corrected chi connectivity index (χ1v) is 12.3. The topological polar surface area (TPSA) is 80.5 Å². The van der Waals surface area contributed by atoms with Gasteiger partial charge in [0.25, 0.3) is 0 Å². The molecule has 7 atom stereocenters. The Balaban J connectivity index is 1.25. The van der Waals surface area contributed by atoms with Crippen LogP contribution in [0.25, 0.3) is 0 Å². The monoisotopic (exact) mass is 414 g/mol. The Morgan fingerprint density at radius 1 is 1.30 bits per heavy atom. The van der Waals surface area contributed by atoms with Crippen LogP contribution in [0.15, 0.2) is 0 Å². The molecule has 9 heteroatoms. The van der Waals surface area contributed by atoms with Crippen LogP contribution >= 0.6 is 23.5 Å². The number of amides is 1. The number of fused-ring (bicyclic) bond motifs is 1. The van der Waals surface area contributed by atoms with Crippen LogP contribution in [0.1, 0.15) is 45.4 Å². The Morgan fingerprint density at radius 3 is 2.93 bits per heavy atom. The molecule has 154 valence electrons. The third-order valence-corrected chi connectivity index (χ3v) is 9.43. The highest BCUT2D eigenvalue weighted by molar-refractivity contribution is 8.01. The van der Waals surface area contributed by atoms with Crippen molar-refractivity contribution >= 4 is 29.4 Å². The molecule has 0 radical (unpaired) electrons. The minimum atomic E-state index is -0.0745. The lowest BCUT2D eigenvalue weighted by Crippen LogP contribution is -2.54. The van der Waals surface area contributed by atoms with Gasteiger partial charge in [0.15, 0.2) is 0 Å². The highest BCUT2D eigenvalue weighted by Gasteiger charge is 2.40. The molecule has 3 saturated heterocycles. The molecule has 4 rings (SSSR count). The summed E-state index contributed by atoms with van der Waals surface area (Å²) in [5.41, 5.74) is 6.84. The molecule has 5 N–H and O–H groups in total. The maximum atomic E-state index is 12.8. The zero-order valence-corrected chi connectivity index (χ0v) is 18.0. The maximum absolute atomic E-state index is 12.8. The smallest absolute Gasteiger partial charge is 0.248 e. The van der Waals surface area contributed by atoms with Crippen LogP contribution in [0.4, 0.5) is 0 Å². The molecule has 1 aliphatic carbocycles. The van der Waals surface area contributed by atoms with Crippen LogP contribution in [0.2, 0.25) is 0 Å². The summed E-state index contributed by atoms with van der Waals surface area (Å²) in [5, 5.41) is 11.5. The van der Waals surface area contributed by atoms with E-state index in [1.807, 2.05) is 23.5 Å². The van der Waals surface area contributed by atoms with Gasteiger partial charge in [-0.2, -0.15) is 0 Å². The number of carbonyl (C=O) groups is 1. The van der Waals surface area contributed by atoms with Crippen molar-refractivity contribution in [2.75, 3.05) is 20.3 Å². The lowest BCUT2D eigenvalue weighted by atomic mass is 9.93. The molecular weight excluding hydrogens is 380 g/mol. The van der Waals surface area contributed by atoms with Crippen LogP contribution in [0, 0.1) is 5.92 Å². The molecule has 1 saturated carbocycles. The molecule has 0 aromatic heterocycles. The van der Waals surface area contributed by atoms with Gasteiger partial charge < -0.3 is 5.32 Å². The second kappa shape index (κ2) is 9.19. The molecule has 1 amide bonds. The van der Waals surface area contributed by atoms with E-state index in [2.05, 4.69) is 45.7 Å². The Kier molecular flexibility index (Phi) is 6.89. The van der Waals surface area contributed by atoms with E-state index in [0.717, 1.165) is 19.6 Å². The van der Waals surface area contributed by atoms with E-state index in [4.69, 9.17) is 0 Å². The first kappa shape index (κ1) is 20.3. The van der Waals surface area contributed by atoms with E-state index >= 15 is 0 Å². The Hall–Kier alpha value is -0.0300. The summed E-state index contributed by atoms with van der Waals surface area (Å²) in [4.78, 5) is 15.1. The standard InChI is InChI=1S/C18H34N6OS2/c1-11(26-18-23-20-10-24(18)2)12-7-8-19-15(9-12)22-16(25)17-21-13-5-3-4-6-14(13)27-17/h11-15,17-21,23H,3-10H2,1-2H3,(H,22,25)/t11-,12?,13?,14?,15?,17?,18?/m0/s1. The van der Waals surface area contributed by atoms with Crippen LogP contribution in [-0.2, 0) is 4.79 Å². The first-order chi connectivity index (χ1) is 13.1. The predicted octanol–water partition coefficient (Wildman–Crippen LogP) is 0.804. The lowest BCUT2D eigenvalue weighted by molar-refractivity contribution is -0.122. The van der Waals surface area contributed by atoms with Gasteiger partial charge in [0, 0.05) is 16.5 Å². The van der Waals surface area contributed by atoms with Crippen LogP contribution in [0.5, 0.6) is 0 Å². The summed E-state index contributed by atoms with van der Waals surface area (Å²) >= 11 is 3.82. The zero-order chi connectivity index (χ0) is 18.8. The molecule has 27 heavy (non-hydrogen) atoms. The minimum Gasteiger partial charge on any atom is -0.339 e. The number of piperidine rings is 1. The second-order valence-electron chi connectivity index (χ2n) is 8.34. The molecule has 6 unspecified atom stereocenters. The van der Waals surface area contributed by atoms with Crippen LogP contribution < -0.4 is 26.8 Å². The van der Waals surface area contributed by atoms with Gasteiger partial charge in [0.05, 0.1) is 12.8 Å². The van der Waals surface area contributed by atoms with Gasteiger partial charge in [-0.3, -0.25) is 20.3 Å². The van der Waals surface area contributed by atoms with Crippen molar-refractivity contribution < 1.29 is 4.79 Å². The molecular formula is C18H34N6OS2. The third-order valence-electron chi connectivity index (χ3n) is 6.34. The number of hydrogen-bond acceptors (Lipinski definition) is 8. The summed E-state index contributed by atoms with van der Waals surface area (Å²) in [6.07, 6.45) is 7.36. The fraction of sp³-hybridized carbons (Fsp3) is 0.944. The van der Waals surface area contributed by atoms with Crippen molar-refractivity contribution in [3.8, 4) is 0 Å². The SMILES string of the molecule is C[C@H](SC1NNCN1C)C1CCNC(NC(=O)C2NC3CCCCC3S2)C1. The largest absolute Gasteiger partial charge is 0.339 e. The van der Waals surface area contributed by atoms with E-state index in [1.54, 1.807) is 0 Å². The molecule has 4 aliphatic rings. The van der Waals surface area contributed by atoms with Gasteiger partial charge in [-0.15, -0.1) is 23.5 Å². The maximum Gasteiger partial charge on any atom is 0.248 e. The van der Waals surface area contributed by atoms with Gasteiger partial charge >= 0.3 is 0 Å². The van der Waals surface area contributed by atoms with Crippen LogP contribution in [0.3, 0.4) is 0 Å². The van der Waals surface area contributed by atoms with E-state index in [-0.39, 0.29) is 17.4 Å². The van der Waals surface area contributed by atoms with Gasteiger partial charge in [-0.05, 0) is 45.2 Å². The second-order valence-corrected chi connectivity index (χ2v) is 11.2. The normalized spacial score (nSPS) is 41.3. The number of thioether (sulfide) groups is 2. The summed E-state index contributed by atoms with van der Waals surface area (Å²) in [6, 6.07) is 0.535. The van der Waals surface area contributed by atoms with Crippen LogP contribution in [-0.4, -0.2) is 64.6 Å². The summed E-state index contributed by atoms with van der Waals surface area (Å²) in [5.74, 6) is 0.776. The average molecular weight is 415 g/mol. The zero-order valence-electron chi connectivity index (χ0n) is 16.4. The van der Waals surface area contributed by atoms with Gasteiger partial charge in [-0.1, -0.05) is 19.8 Å². The Bertz CT molecular complexity index is 512. The molecule has 3 aliphatic heterocycles. The van der Waals surface area contributed by atoms with E-state index < -0.39 is 0 Å². The van der Waals surface area contributed by atoms with Gasteiger partial charge in [0.1, 0.15) is 10.9 Å². The average Bonchev–Trinajstić information content (AvgIpc) is 3.28. The molecule has 3 heterocycles. The van der Waals surface area contributed by atoms with Crippen molar-refractivity contribution in [2.24, 2.45) is 5.92 Å². The predicted molar refractivity (Wildman–Crippen MR) is 113 cm³/mol. The highest BCUT2D eigenvalue weighted by Crippen LogP contribution is 2.37.